The van der Waals surface area contributed by atoms with Gasteiger partial charge in [-0.2, -0.15) is 0 Å². The maximum absolute atomic E-state index is 5.00. The first-order chi connectivity index (χ1) is 4.43. The van der Waals surface area contributed by atoms with Gasteiger partial charge in [0.2, 0.25) is 0 Å². The van der Waals surface area contributed by atoms with Crippen molar-refractivity contribution in [3.8, 4) is 0 Å². The van der Waals surface area contributed by atoms with Crippen LogP contribution in [0.3, 0.4) is 0 Å². The lowest BCUT2D eigenvalue weighted by Gasteiger charge is -2.26. The van der Waals surface area contributed by atoms with Gasteiger partial charge in [0.05, 0.1) is 19.3 Å². The molecule has 0 aliphatic carbocycles. The molecule has 0 bridgehead atoms. The normalized spacial score (nSPS) is 19.7. The van der Waals surface area contributed by atoms with Crippen LogP contribution in [0.2, 0.25) is 0 Å². The van der Waals surface area contributed by atoms with Crippen LogP contribution < -0.4 is 5.32 Å². The third-order valence-electron chi connectivity index (χ3n) is 1.60. The summed E-state index contributed by atoms with van der Waals surface area (Å²) in [6.45, 7) is 5.21. The average molecular weight is 129 g/mol. The molecule has 0 aromatic rings. The molecule has 0 radical (unpaired) electrons. The number of ether oxygens (including phenoxy) is 1. The van der Waals surface area contributed by atoms with Gasteiger partial charge in [-0.25, -0.2) is 0 Å². The van der Waals surface area contributed by atoms with Crippen molar-refractivity contribution in [2.24, 2.45) is 0 Å². The van der Waals surface area contributed by atoms with Crippen molar-refractivity contribution in [2.45, 2.75) is 25.8 Å². The predicted octanol–water partition coefficient (Wildman–Crippen LogP) is 0.775. The van der Waals surface area contributed by atoms with Crippen LogP contribution in [0.15, 0.2) is 0 Å². The van der Waals surface area contributed by atoms with Crippen molar-refractivity contribution >= 4 is 0 Å². The molecule has 1 saturated heterocycles. The molecule has 54 valence electrons. The van der Waals surface area contributed by atoms with Crippen LogP contribution in [0.4, 0.5) is 0 Å². The van der Waals surface area contributed by atoms with E-state index >= 15 is 0 Å². The minimum atomic E-state index is 0.663. The monoisotopic (exact) mass is 129 g/mol. The molecule has 1 N–H and O–H groups in total. The van der Waals surface area contributed by atoms with Crippen LogP contribution in [0.5, 0.6) is 0 Å². The second-order valence-corrected chi connectivity index (χ2v) is 2.54. The molecule has 2 nitrogen and oxygen atoms in total. The molecule has 1 rings (SSSR count). The summed E-state index contributed by atoms with van der Waals surface area (Å²) >= 11 is 0. The Bertz CT molecular complexity index is 71.3. The van der Waals surface area contributed by atoms with Crippen molar-refractivity contribution in [3.63, 3.8) is 0 Å². The van der Waals surface area contributed by atoms with Crippen molar-refractivity contribution in [1.82, 2.24) is 5.32 Å². The summed E-state index contributed by atoms with van der Waals surface area (Å²) in [4.78, 5) is 0. The van der Waals surface area contributed by atoms with Gasteiger partial charge in [-0.1, -0.05) is 13.3 Å². The molecular formula is C7H15NO. The van der Waals surface area contributed by atoms with Crippen molar-refractivity contribution in [1.29, 1.82) is 0 Å². The molecule has 1 aliphatic heterocycles. The second-order valence-electron chi connectivity index (χ2n) is 2.54. The second kappa shape index (κ2) is 3.85. The first-order valence-corrected chi connectivity index (χ1v) is 3.74. The van der Waals surface area contributed by atoms with E-state index < -0.39 is 0 Å². The Morgan fingerprint density at radius 3 is 2.78 bits per heavy atom. The molecule has 1 aliphatic rings. The number of hydrogen-bond donors (Lipinski definition) is 1. The van der Waals surface area contributed by atoms with Crippen LogP contribution in [-0.4, -0.2) is 25.8 Å². The minimum absolute atomic E-state index is 0.663. The smallest absolute Gasteiger partial charge is 0.0643 e. The Morgan fingerprint density at radius 1 is 1.56 bits per heavy atom. The fraction of sp³-hybridized carbons (Fsp3) is 1.00. The molecule has 1 heterocycles. The number of hydrogen-bond acceptors (Lipinski definition) is 2. The maximum atomic E-state index is 5.00. The van der Waals surface area contributed by atoms with Gasteiger partial charge in [0, 0.05) is 0 Å². The molecular weight excluding hydrogens is 114 g/mol. The van der Waals surface area contributed by atoms with Gasteiger partial charge < -0.3 is 10.1 Å². The Balaban J connectivity index is 1.80. The van der Waals surface area contributed by atoms with Gasteiger partial charge in [0.25, 0.3) is 0 Å². The number of nitrogens with one attached hydrogen (secondary N) is 1. The van der Waals surface area contributed by atoms with Gasteiger partial charge in [-0.3, -0.25) is 0 Å². The molecule has 1 fully saturated rings. The summed E-state index contributed by atoms with van der Waals surface area (Å²) in [5, 5.41) is 3.40. The minimum Gasteiger partial charge on any atom is -0.378 e. The average Bonchev–Trinajstić information content (AvgIpc) is 1.76. The highest BCUT2D eigenvalue weighted by Gasteiger charge is 2.15. The van der Waals surface area contributed by atoms with E-state index in [1.165, 1.54) is 12.8 Å². The fourth-order valence-corrected chi connectivity index (χ4v) is 0.837. The van der Waals surface area contributed by atoms with Crippen molar-refractivity contribution in [2.75, 3.05) is 19.8 Å². The summed E-state index contributed by atoms with van der Waals surface area (Å²) in [5.74, 6) is 0. The van der Waals surface area contributed by atoms with E-state index in [1.807, 2.05) is 0 Å². The summed E-state index contributed by atoms with van der Waals surface area (Å²) in [5.41, 5.74) is 0. The maximum Gasteiger partial charge on any atom is 0.0643 e. The van der Waals surface area contributed by atoms with E-state index in [-0.39, 0.29) is 0 Å². The third-order valence-corrected chi connectivity index (χ3v) is 1.60. The molecule has 0 amide bonds. The topological polar surface area (TPSA) is 21.3 Å². The lowest BCUT2D eigenvalue weighted by atomic mass is 10.2. The van der Waals surface area contributed by atoms with Gasteiger partial charge in [-0.15, -0.1) is 0 Å². The summed E-state index contributed by atoms with van der Waals surface area (Å²) in [7, 11) is 0. The van der Waals surface area contributed by atoms with Gasteiger partial charge in [0.1, 0.15) is 0 Å². The SMILES string of the molecule is CCCCNC1COC1. The first kappa shape index (κ1) is 7.03. The van der Waals surface area contributed by atoms with Crippen LogP contribution in [0.25, 0.3) is 0 Å². The Hall–Kier alpha value is -0.0800. The molecule has 0 unspecified atom stereocenters. The standard InChI is InChI=1S/C7H15NO/c1-2-3-4-8-7-5-9-6-7/h7-8H,2-6H2,1H3. The quantitative estimate of drug-likeness (QED) is 0.566. The summed E-state index contributed by atoms with van der Waals surface area (Å²) in [6.07, 6.45) is 2.57. The fourth-order valence-electron chi connectivity index (χ4n) is 0.837. The van der Waals surface area contributed by atoms with Crippen LogP contribution in [-0.2, 0) is 4.74 Å². The molecule has 2 heteroatoms. The Labute approximate surface area is 56.6 Å². The van der Waals surface area contributed by atoms with Crippen molar-refractivity contribution < 1.29 is 4.74 Å². The van der Waals surface area contributed by atoms with Crippen molar-refractivity contribution in [3.05, 3.63) is 0 Å². The lowest BCUT2D eigenvalue weighted by Crippen LogP contribution is -2.46. The van der Waals surface area contributed by atoms with E-state index in [0.717, 1.165) is 19.8 Å². The molecule has 0 saturated carbocycles. The first-order valence-electron chi connectivity index (χ1n) is 3.74. The summed E-state index contributed by atoms with van der Waals surface area (Å²) < 4.78 is 5.00. The highest BCUT2D eigenvalue weighted by molar-refractivity contribution is 4.71. The highest BCUT2D eigenvalue weighted by Crippen LogP contribution is 1.98. The zero-order valence-corrected chi connectivity index (χ0v) is 6.02. The summed E-state index contributed by atoms with van der Waals surface area (Å²) in [6, 6.07) is 0.663. The van der Waals surface area contributed by atoms with E-state index in [0.29, 0.717) is 6.04 Å². The zero-order chi connectivity index (χ0) is 6.53. The third kappa shape index (κ3) is 2.33. The van der Waals surface area contributed by atoms with Crippen LogP contribution >= 0.6 is 0 Å². The zero-order valence-electron chi connectivity index (χ0n) is 6.02. The van der Waals surface area contributed by atoms with E-state index in [2.05, 4.69) is 12.2 Å². The van der Waals surface area contributed by atoms with Gasteiger partial charge >= 0.3 is 0 Å². The van der Waals surface area contributed by atoms with E-state index in [1.54, 1.807) is 0 Å². The van der Waals surface area contributed by atoms with Crippen LogP contribution in [0.1, 0.15) is 19.8 Å². The Morgan fingerprint density at radius 2 is 2.33 bits per heavy atom. The predicted molar refractivity (Wildman–Crippen MR) is 37.5 cm³/mol. The van der Waals surface area contributed by atoms with Gasteiger partial charge in [-0.05, 0) is 13.0 Å². The molecule has 9 heavy (non-hydrogen) atoms. The number of unbranched alkanes of at least 4 members (excludes halogenated alkanes) is 1. The molecule has 0 aromatic heterocycles. The van der Waals surface area contributed by atoms with E-state index in [9.17, 15) is 0 Å². The highest BCUT2D eigenvalue weighted by atomic mass is 16.5. The molecule has 0 atom stereocenters. The van der Waals surface area contributed by atoms with Gasteiger partial charge in [0.15, 0.2) is 0 Å². The van der Waals surface area contributed by atoms with E-state index in [4.69, 9.17) is 4.74 Å². The lowest BCUT2D eigenvalue weighted by molar-refractivity contribution is -0.00492. The molecule has 0 spiro atoms. The Kier molecular flexibility index (Phi) is 3.01. The largest absolute Gasteiger partial charge is 0.378 e. The van der Waals surface area contributed by atoms with Crippen LogP contribution in [0, 0.1) is 0 Å². The number of rotatable bonds is 4. The molecule has 0 aromatic carbocycles.